The van der Waals surface area contributed by atoms with Gasteiger partial charge in [-0.3, -0.25) is 14.4 Å². The van der Waals surface area contributed by atoms with Gasteiger partial charge < -0.3 is 10.3 Å². The van der Waals surface area contributed by atoms with Crippen LogP contribution in [0.1, 0.15) is 64.7 Å². The van der Waals surface area contributed by atoms with Gasteiger partial charge in [-0.1, -0.05) is 26.0 Å². The first-order valence-electron chi connectivity index (χ1n) is 8.72. The number of carbonyl (C=O) groups excluding carboxylic acids is 2. The number of nitrogens with one attached hydrogen (secondary N) is 2. The van der Waals surface area contributed by atoms with Gasteiger partial charge in [0.15, 0.2) is 5.78 Å². The van der Waals surface area contributed by atoms with Gasteiger partial charge in [0.25, 0.3) is 11.5 Å². The summed E-state index contributed by atoms with van der Waals surface area (Å²) in [6.07, 6.45) is 1.75. The summed E-state index contributed by atoms with van der Waals surface area (Å²) in [6, 6.07) is 6.91. The lowest BCUT2D eigenvalue weighted by Gasteiger charge is -2.23. The summed E-state index contributed by atoms with van der Waals surface area (Å²) in [6.45, 7) is 3.85. The SMILES string of the molecule is CC(C)[C@@H](NC(=O)c1cc2c([nH]c1=O)CCCC2=O)c1ccc(F)cc1. The fraction of sp³-hybridized carbons (Fsp3) is 0.350. The fourth-order valence-corrected chi connectivity index (χ4v) is 3.27. The molecule has 1 aromatic heterocycles. The molecule has 6 heteroatoms. The Bertz CT molecular complexity index is 900. The van der Waals surface area contributed by atoms with Crippen LogP contribution in [0.5, 0.6) is 0 Å². The lowest BCUT2D eigenvalue weighted by atomic mass is 9.93. The number of aromatic amines is 1. The van der Waals surface area contributed by atoms with Crippen LogP contribution in [0.4, 0.5) is 4.39 Å². The Labute approximate surface area is 150 Å². The van der Waals surface area contributed by atoms with E-state index in [0.717, 1.165) is 5.56 Å². The molecule has 0 saturated carbocycles. The Morgan fingerprint density at radius 3 is 2.50 bits per heavy atom. The number of aromatic nitrogens is 1. The van der Waals surface area contributed by atoms with Gasteiger partial charge in [-0.15, -0.1) is 0 Å². The first kappa shape index (κ1) is 18.0. The van der Waals surface area contributed by atoms with Crippen LogP contribution in [-0.4, -0.2) is 16.7 Å². The second-order valence-electron chi connectivity index (χ2n) is 6.93. The van der Waals surface area contributed by atoms with Gasteiger partial charge in [-0.05, 0) is 42.5 Å². The van der Waals surface area contributed by atoms with Gasteiger partial charge in [0.2, 0.25) is 0 Å². The average molecular weight is 356 g/mol. The Morgan fingerprint density at radius 1 is 1.15 bits per heavy atom. The molecule has 5 nitrogen and oxygen atoms in total. The minimum absolute atomic E-state index is 0.0303. The summed E-state index contributed by atoms with van der Waals surface area (Å²) in [7, 11) is 0. The van der Waals surface area contributed by atoms with Gasteiger partial charge in [-0.2, -0.15) is 0 Å². The lowest BCUT2D eigenvalue weighted by molar-refractivity contribution is 0.0924. The third kappa shape index (κ3) is 3.59. The minimum Gasteiger partial charge on any atom is -0.345 e. The third-order valence-corrected chi connectivity index (χ3v) is 4.68. The maximum atomic E-state index is 13.2. The van der Waals surface area contributed by atoms with Crippen LogP contribution in [0.2, 0.25) is 0 Å². The van der Waals surface area contributed by atoms with E-state index in [1.807, 2.05) is 13.8 Å². The normalized spacial score (nSPS) is 14.8. The monoisotopic (exact) mass is 356 g/mol. The van der Waals surface area contributed by atoms with Gasteiger partial charge in [-0.25, -0.2) is 4.39 Å². The zero-order chi connectivity index (χ0) is 18.8. The summed E-state index contributed by atoms with van der Waals surface area (Å²) in [4.78, 5) is 39.7. The van der Waals surface area contributed by atoms with E-state index in [1.165, 1.54) is 18.2 Å². The van der Waals surface area contributed by atoms with Gasteiger partial charge >= 0.3 is 0 Å². The molecule has 1 heterocycles. The molecule has 1 aliphatic rings. The van der Waals surface area contributed by atoms with Gasteiger partial charge in [0, 0.05) is 17.7 Å². The molecule has 26 heavy (non-hydrogen) atoms. The summed E-state index contributed by atoms with van der Waals surface area (Å²) in [5.41, 5.74) is 1.19. The van der Waals surface area contributed by atoms with E-state index < -0.39 is 11.5 Å². The molecule has 0 bridgehead atoms. The molecule has 0 saturated heterocycles. The van der Waals surface area contributed by atoms with E-state index in [-0.39, 0.29) is 29.1 Å². The number of H-pyrrole nitrogens is 1. The standard InChI is InChI=1S/C20H21FN2O3/c1-11(2)18(12-6-8-13(21)9-7-12)23-20(26)15-10-14-16(22-19(15)25)4-3-5-17(14)24/h6-11,18H,3-5H2,1-2H3,(H,22,25)(H,23,26)/t18-/m1/s1. The number of pyridine rings is 1. The minimum atomic E-state index is -0.546. The number of benzene rings is 1. The fourth-order valence-electron chi connectivity index (χ4n) is 3.27. The number of carbonyl (C=O) groups is 2. The van der Waals surface area contributed by atoms with Crippen molar-refractivity contribution < 1.29 is 14.0 Å². The first-order chi connectivity index (χ1) is 12.4. The number of hydrogen-bond acceptors (Lipinski definition) is 3. The number of aryl methyl sites for hydroxylation is 1. The average Bonchev–Trinajstić information content (AvgIpc) is 2.60. The smallest absolute Gasteiger partial charge is 0.261 e. The van der Waals surface area contributed by atoms with Crippen molar-refractivity contribution in [3.8, 4) is 0 Å². The quantitative estimate of drug-likeness (QED) is 0.883. The number of amides is 1. The molecular weight excluding hydrogens is 335 g/mol. The zero-order valence-electron chi connectivity index (χ0n) is 14.8. The van der Waals surface area contributed by atoms with Crippen molar-refractivity contribution >= 4 is 11.7 Å². The van der Waals surface area contributed by atoms with Crippen molar-refractivity contribution in [2.75, 3.05) is 0 Å². The predicted octanol–water partition coefficient (Wildman–Crippen LogP) is 3.16. The van der Waals surface area contributed by atoms with Crippen LogP contribution in [0.15, 0.2) is 35.1 Å². The number of Topliss-reactive ketones (excluding diaryl/α,β-unsaturated/α-hetero) is 1. The van der Waals surface area contributed by atoms with E-state index in [1.54, 1.807) is 12.1 Å². The van der Waals surface area contributed by atoms with E-state index in [4.69, 9.17) is 0 Å². The van der Waals surface area contributed by atoms with Gasteiger partial charge in [0.05, 0.1) is 6.04 Å². The molecule has 0 fully saturated rings. The van der Waals surface area contributed by atoms with Crippen LogP contribution >= 0.6 is 0 Å². The molecule has 0 aliphatic heterocycles. The number of fused-ring (bicyclic) bond motifs is 1. The second kappa shape index (κ2) is 7.23. The Kier molecular flexibility index (Phi) is 5.02. The molecule has 1 aliphatic carbocycles. The molecule has 2 N–H and O–H groups in total. The van der Waals surface area contributed by atoms with Crippen molar-refractivity contribution in [1.29, 1.82) is 0 Å². The van der Waals surface area contributed by atoms with Crippen molar-refractivity contribution in [3.05, 3.63) is 68.9 Å². The van der Waals surface area contributed by atoms with Gasteiger partial charge in [0.1, 0.15) is 11.4 Å². The molecule has 136 valence electrons. The highest BCUT2D eigenvalue weighted by atomic mass is 19.1. The van der Waals surface area contributed by atoms with Crippen LogP contribution in [0.3, 0.4) is 0 Å². The molecule has 0 unspecified atom stereocenters. The van der Waals surface area contributed by atoms with E-state index in [0.29, 0.717) is 30.5 Å². The molecule has 1 amide bonds. The van der Waals surface area contributed by atoms with E-state index in [2.05, 4.69) is 10.3 Å². The van der Waals surface area contributed by atoms with Crippen LogP contribution < -0.4 is 10.9 Å². The highest BCUT2D eigenvalue weighted by Gasteiger charge is 2.24. The molecule has 1 aromatic carbocycles. The molecule has 0 radical (unpaired) electrons. The largest absolute Gasteiger partial charge is 0.345 e. The number of halogens is 1. The molecule has 1 atom stereocenters. The summed E-state index contributed by atoms with van der Waals surface area (Å²) >= 11 is 0. The highest BCUT2D eigenvalue weighted by Crippen LogP contribution is 2.23. The Hall–Kier alpha value is -2.76. The van der Waals surface area contributed by atoms with Crippen LogP contribution in [0.25, 0.3) is 0 Å². The third-order valence-electron chi connectivity index (χ3n) is 4.68. The van der Waals surface area contributed by atoms with Crippen LogP contribution in [0, 0.1) is 11.7 Å². The topological polar surface area (TPSA) is 79.0 Å². The maximum absolute atomic E-state index is 13.2. The lowest BCUT2D eigenvalue weighted by Crippen LogP contribution is -2.36. The van der Waals surface area contributed by atoms with E-state index in [9.17, 15) is 18.8 Å². The maximum Gasteiger partial charge on any atom is 0.261 e. The highest BCUT2D eigenvalue weighted by molar-refractivity contribution is 6.01. The second-order valence-corrected chi connectivity index (χ2v) is 6.93. The first-order valence-corrected chi connectivity index (χ1v) is 8.72. The van der Waals surface area contributed by atoms with Crippen molar-refractivity contribution in [2.45, 2.75) is 39.2 Å². The number of rotatable bonds is 4. The number of ketones is 1. The van der Waals surface area contributed by atoms with Crippen LogP contribution in [-0.2, 0) is 6.42 Å². The summed E-state index contributed by atoms with van der Waals surface area (Å²) in [5.74, 6) is -0.930. The molecule has 0 spiro atoms. The molecule has 2 aromatic rings. The Balaban J connectivity index is 1.91. The van der Waals surface area contributed by atoms with Crippen molar-refractivity contribution in [1.82, 2.24) is 10.3 Å². The molecular formula is C20H21FN2O3. The molecule has 3 rings (SSSR count). The zero-order valence-corrected chi connectivity index (χ0v) is 14.8. The van der Waals surface area contributed by atoms with Crippen molar-refractivity contribution in [2.24, 2.45) is 5.92 Å². The summed E-state index contributed by atoms with van der Waals surface area (Å²) in [5, 5.41) is 2.84. The van der Waals surface area contributed by atoms with E-state index >= 15 is 0 Å². The number of hydrogen-bond donors (Lipinski definition) is 2. The Morgan fingerprint density at radius 2 is 1.85 bits per heavy atom. The predicted molar refractivity (Wildman–Crippen MR) is 95.8 cm³/mol. The summed E-state index contributed by atoms with van der Waals surface area (Å²) < 4.78 is 13.2. The van der Waals surface area contributed by atoms with Crippen molar-refractivity contribution in [3.63, 3.8) is 0 Å².